The maximum Gasteiger partial charge on any atom is 0.335 e. The van der Waals surface area contributed by atoms with E-state index in [0.29, 0.717) is 22.3 Å². The molecule has 4 aromatic carbocycles. The molecule has 0 saturated heterocycles. The van der Waals surface area contributed by atoms with E-state index in [1.54, 1.807) is 24.3 Å². The second kappa shape index (κ2) is 76.2. The lowest BCUT2D eigenvalue weighted by molar-refractivity contribution is 0.0684. The summed E-state index contributed by atoms with van der Waals surface area (Å²) in [5.74, 6) is -3.41. The van der Waals surface area contributed by atoms with Gasteiger partial charge in [0.05, 0.1) is 92.6 Å². The van der Waals surface area contributed by atoms with Crippen molar-refractivity contribution in [3.63, 3.8) is 0 Å². The zero-order valence-corrected chi connectivity index (χ0v) is 85.2. The lowest BCUT2D eigenvalue weighted by Gasteiger charge is -2.10. The van der Waals surface area contributed by atoms with Crippen molar-refractivity contribution in [2.75, 3.05) is 0 Å². The van der Waals surface area contributed by atoms with E-state index in [1.165, 1.54) is 308 Å². The minimum atomic E-state index is -0.853. The second-order valence-electron chi connectivity index (χ2n) is 38.0. The fraction of sp³-hybridized carbons (Fsp3) is 0.627. The summed E-state index contributed by atoms with van der Waals surface area (Å²) >= 11 is 0. The summed E-state index contributed by atoms with van der Waals surface area (Å²) in [4.78, 5) is 83.8. The largest absolute Gasteiger partial charge is 0.478 e. The quantitative estimate of drug-likeness (QED) is 0.0259. The molecule has 0 radical (unpaired) electrons. The van der Waals surface area contributed by atoms with Crippen molar-refractivity contribution in [2.24, 2.45) is 0 Å². The van der Waals surface area contributed by atoms with Crippen molar-refractivity contribution in [2.45, 2.75) is 479 Å². The van der Waals surface area contributed by atoms with Crippen LogP contribution in [0.2, 0.25) is 0 Å². The van der Waals surface area contributed by atoms with Crippen molar-refractivity contribution in [3.05, 3.63) is 190 Å². The van der Waals surface area contributed by atoms with Crippen LogP contribution < -0.4 is 0 Å². The molecule has 740 valence electrons. The summed E-state index contributed by atoms with van der Waals surface area (Å²) in [5, 5.41) is 38.3. The topological polar surface area (TPSA) is 252 Å². The number of rotatable bonds is 74. The van der Waals surface area contributed by atoms with E-state index in [0.717, 1.165) is 206 Å². The molecule has 0 aliphatic heterocycles. The third-order valence-corrected chi connectivity index (χ3v) is 26.2. The molecular weight excluding hydrogens is 1660 g/mol. The van der Waals surface area contributed by atoms with Gasteiger partial charge in [-0.25, -0.2) is 19.2 Å². The zero-order chi connectivity index (χ0) is 96.3. The highest BCUT2D eigenvalue weighted by atomic mass is 16.4. The van der Waals surface area contributed by atoms with E-state index < -0.39 is 23.9 Å². The maximum absolute atomic E-state index is 11.7. The van der Waals surface area contributed by atoms with Crippen molar-refractivity contribution in [1.82, 2.24) is 39.9 Å². The molecular formula is C118H180N8O8. The smallest absolute Gasteiger partial charge is 0.335 e. The summed E-state index contributed by atoms with van der Waals surface area (Å²) in [6.45, 7) is 17.9. The lowest BCUT2D eigenvalue weighted by atomic mass is 9.97. The lowest BCUT2D eigenvalue weighted by Crippen LogP contribution is -2.03. The minimum absolute atomic E-state index is 0.408. The Labute approximate surface area is 812 Å². The van der Waals surface area contributed by atoms with E-state index in [-0.39, 0.29) is 0 Å². The van der Waals surface area contributed by atoms with Crippen molar-refractivity contribution >= 4 is 23.9 Å². The number of nitrogens with zero attached hydrogens (tertiary/aromatic N) is 8. The number of carbonyl (C=O) groups is 4. The molecule has 0 bridgehead atoms. The number of aromatic carboxylic acids is 4. The van der Waals surface area contributed by atoms with Gasteiger partial charge in [-0.15, -0.1) is 0 Å². The second-order valence-corrected chi connectivity index (χ2v) is 38.0. The van der Waals surface area contributed by atoms with E-state index in [9.17, 15) is 39.6 Å². The Bertz CT molecular complexity index is 4340. The van der Waals surface area contributed by atoms with Crippen molar-refractivity contribution < 1.29 is 39.6 Å². The first kappa shape index (κ1) is 116. The van der Waals surface area contributed by atoms with Crippen LogP contribution in [0.5, 0.6) is 0 Å². The summed E-state index contributed by atoms with van der Waals surface area (Å²) in [5.41, 5.74) is 16.5. The van der Waals surface area contributed by atoms with Crippen LogP contribution in [0.1, 0.15) is 514 Å². The van der Waals surface area contributed by atoms with Gasteiger partial charge in [-0.1, -0.05) is 401 Å². The number of hydrogen-bond acceptors (Lipinski definition) is 12. The molecule has 134 heavy (non-hydrogen) atoms. The van der Waals surface area contributed by atoms with Crippen LogP contribution in [0, 0.1) is 0 Å². The molecule has 0 spiro atoms. The zero-order valence-electron chi connectivity index (χ0n) is 85.2. The Morgan fingerprint density at radius 2 is 0.321 bits per heavy atom. The molecule has 4 aromatic heterocycles. The highest BCUT2D eigenvalue weighted by molar-refractivity contribution is 5.92. The van der Waals surface area contributed by atoms with Gasteiger partial charge in [-0.2, -0.15) is 0 Å². The first-order valence-electron chi connectivity index (χ1n) is 54.3. The molecule has 4 N–H and O–H groups in total. The van der Waals surface area contributed by atoms with Gasteiger partial charge in [0.1, 0.15) is 0 Å². The molecule has 0 atom stereocenters. The van der Waals surface area contributed by atoms with Crippen LogP contribution in [-0.2, 0) is 51.4 Å². The Morgan fingerprint density at radius 1 is 0.179 bits per heavy atom. The fourth-order valence-corrected chi connectivity index (χ4v) is 17.7. The Kier molecular flexibility index (Phi) is 65.7. The number of aromatic nitrogens is 8. The normalized spacial score (nSPS) is 11.1. The number of carboxylic acids is 4. The number of aryl methyl sites for hydroxylation is 8. The molecule has 0 saturated carbocycles. The van der Waals surface area contributed by atoms with Gasteiger partial charge in [0, 0.05) is 47.0 Å². The van der Waals surface area contributed by atoms with Crippen LogP contribution in [-0.4, -0.2) is 84.2 Å². The monoisotopic (exact) mass is 1840 g/mol. The highest BCUT2D eigenvalue weighted by Gasteiger charge is 2.19. The van der Waals surface area contributed by atoms with Crippen molar-refractivity contribution in [3.8, 4) is 45.0 Å². The molecule has 4 heterocycles. The van der Waals surface area contributed by atoms with Gasteiger partial charge in [-0.05, 0) is 174 Å². The van der Waals surface area contributed by atoms with Crippen molar-refractivity contribution in [1.29, 1.82) is 0 Å². The molecule has 16 heteroatoms. The standard InChI is InChI=1S/C31H48N2O2.C30H46N2O2.C29H44N2O2.C28H42N2O2/c1-3-5-7-9-11-12-13-14-16-18-20-28-24-33-30(25-32-28)27-21-22-29(31(34)35)26(23-27)19-17-15-10-8-6-4-2;1-3-5-7-9-11-12-13-15-17-19-27-23-32-29(24-31-27)26-20-21-28(30(33)34)25(22-26)18-16-14-10-8-6-4-2;1-3-5-7-9-11-12-14-16-18-26-22-31-28(23-30-26)25-19-20-27(29(32)33)24(21-25)17-15-13-10-8-6-4-2;1-3-5-7-9-11-13-15-17-25-21-30-27(22-29-25)24-18-19-26(28(31)32)23(20-24)16-14-12-10-8-6-4-2/h21-25H,3-20H2,1-2H3,(H,34,35);20-24H,3-19H2,1-2H3,(H,33,34);19-23H,3-18H2,1-2H3,(H,32,33);18-22H,3-17H2,1-2H3,(H,31,32). The van der Waals surface area contributed by atoms with Gasteiger partial charge in [0.2, 0.25) is 0 Å². The van der Waals surface area contributed by atoms with Gasteiger partial charge >= 0.3 is 23.9 Å². The Morgan fingerprint density at radius 3 is 0.455 bits per heavy atom. The SMILES string of the molecule is CCCCCCCCCCCCc1cnc(-c2ccc(C(=O)O)c(CCCCCCCC)c2)cn1.CCCCCCCCCCCc1cnc(-c2ccc(C(=O)O)c(CCCCCCCC)c2)cn1.CCCCCCCCCCc1cnc(-c2ccc(C(=O)O)c(CCCCCCCC)c2)cn1.CCCCCCCCCc1cnc(-c2ccc(C(=O)O)c(CCCCCCCC)c2)cn1. The van der Waals surface area contributed by atoms with E-state index in [4.69, 9.17) is 0 Å². The first-order chi connectivity index (χ1) is 65.6. The van der Waals surface area contributed by atoms with Crippen LogP contribution in [0.3, 0.4) is 0 Å². The van der Waals surface area contributed by atoms with E-state index in [2.05, 4.69) is 95.3 Å². The molecule has 0 fully saturated rings. The molecule has 0 aliphatic rings. The van der Waals surface area contributed by atoms with Gasteiger partial charge < -0.3 is 20.4 Å². The summed E-state index contributed by atoms with van der Waals surface area (Å²) in [6.07, 6.45) is 95.6. The summed E-state index contributed by atoms with van der Waals surface area (Å²) < 4.78 is 0. The predicted octanol–water partition coefficient (Wildman–Crippen LogP) is 34.5. The Hall–Kier alpha value is -8.92. The number of benzene rings is 4. The van der Waals surface area contributed by atoms with Crippen LogP contribution >= 0.6 is 0 Å². The molecule has 16 nitrogen and oxygen atoms in total. The van der Waals surface area contributed by atoms with Gasteiger partial charge in [0.25, 0.3) is 0 Å². The maximum atomic E-state index is 11.7. The third-order valence-electron chi connectivity index (χ3n) is 26.2. The van der Waals surface area contributed by atoms with E-state index in [1.807, 2.05) is 98.1 Å². The molecule has 8 aromatic rings. The number of hydrogen-bond donors (Lipinski definition) is 4. The summed E-state index contributed by atoms with van der Waals surface area (Å²) in [7, 11) is 0. The average molecular weight is 1840 g/mol. The van der Waals surface area contributed by atoms with Gasteiger partial charge in [0.15, 0.2) is 0 Å². The fourth-order valence-electron chi connectivity index (χ4n) is 17.7. The highest BCUT2D eigenvalue weighted by Crippen LogP contribution is 2.30. The molecule has 0 unspecified atom stereocenters. The summed E-state index contributed by atoms with van der Waals surface area (Å²) in [6, 6.07) is 22.3. The van der Waals surface area contributed by atoms with Gasteiger partial charge in [-0.3, -0.25) is 39.9 Å². The van der Waals surface area contributed by atoms with Crippen LogP contribution in [0.4, 0.5) is 0 Å². The molecule has 8 rings (SSSR count). The molecule has 0 amide bonds. The van der Waals surface area contributed by atoms with E-state index >= 15 is 0 Å². The number of carboxylic acid groups (broad SMARTS) is 4. The predicted molar refractivity (Wildman–Crippen MR) is 561 cm³/mol. The number of unbranched alkanes of at least 4 members (excludes halogenated alkanes) is 50. The first-order valence-corrected chi connectivity index (χ1v) is 54.3. The average Bonchev–Trinajstić information content (AvgIpc) is 0.837. The third kappa shape index (κ3) is 51.3. The van der Waals surface area contributed by atoms with Crippen LogP contribution in [0.25, 0.3) is 45.0 Å². The van der Waals surface area contributed by atoms with Crippen LogP contribution in [0.15, 0.2) is 122 Å². The minimum Gasteiger partial charge on any atom is -0.478 e. The Balaban J connectivity index is 0.000000316. The molecule has 0 aliphatic carbocycles.